The molecular formula is C15H13FN4O2. The number of halogens is 1. The van der Waals surface area contributed by atoms with Gasteiger partial charge in [-0.2, -0.15) is 4.98 Å². The van der Waals surface area contributed by atoms with Gasteiger partial charge in [0.15, 0.2) is 5.82 Å². The number of hydrogen-bond donors (Lipinski definition) is 0. The van der Waals surface area contributed by atoms with Gasteiger partial charge in [0, 0.05) is 12.0 Å². The maximum atomic E-state index is 13.5. The predicted octanol–water partition coefficient (Wildman–Crippen LogP) is 2.15. The molecule has 1 fully saturated rings. The third-order valence-electron chi connectivity index (χ3n) is 3.83. The summed E-state index contributed by atoms with van der Waals surface area (Å²) in [4.78, 5) is 20.9. The summed E-state index contributed by atoms with van der Waals surface area (Å²) in [5.74, 6) is 1.08. The molecule has 2 aromatic heterocycles. The SMILES string of the molecule is Cc1cc2c(=O)n(Cc3noc(C4CC4)n3)cnc2cc1F. The Morgan fingerprint density at radius 2 is 2.23 bits per heavy atom. The van der Waals surface area contributed by atoms with E-state index >= 15 is 0 Å². The first kappa shape index (κ1) is 13.1. The van der Waals surface area contributed by atoms with Gasteiger partial charge in [-0.05, 0) is 31.4 Å². The minimum Gasteiger partial charge on any atom is -0.339 e. The lowest BCUT2D eigenvalue weighted by molar-refractivity contribution is 0.373. The average Bonchev–Trinajstić information content (AvgIpc) is 3.24. The van der Waals surface area contributed by atoms with E-state index in [1.54, 1.807) is 6.92 Å². The first-order valence-electron chi connectivity index (χ1n) is 7.09. The lowest BCUT2D eigenvalue weighted by Crippen LogP contribution is -2.22. The molecule has 0 unspecified atom stereocenters. The highest BCUT2D eigenvalue weighted by atomic mass is 19.1. The Morgan fingerprint density at radius 3 is 3.00 bits per heavy atom. The van der Waals surface area contributed by atoms with Crippen LogP contribution in [0.1, 0.15) is 36.0 Å². The standard InChI is InChI=1S/C15H13FN4O2/c1-8-4-10-12(5-11(8)16)17-7-20(15(10)21)6-13-18-14(22-19-13)9-2-3-9/h4-5,7,9H,2-3,6H2,1H3. The molecule has 112 valence electrons. The maximum Gasteiger partial charge on any atom is 0.261 e. The van der Waals surface area contributed by atoms with Gasteiger partial charge in [0.2, 0.25) is 5.89 Å². The van der Waals surface area contributed by atoms with E-state index < -0.39 is 0 Å². The molecule has 0 radical (unpaired) electrons. The number of aromatic nitrogens is 4. The second-order valence-electron chi connectivity index (χ2n) is 5.62. The third kappa shape index (κ3) is 2.18. The van der Waals surface area contributed by atoms with Gasteiger partial charge in [0.25, 0.3) is 5.56 Å². The molecule has 2 heterocycles. The molecule has 7 heteroatoms. The fraction of sp³-hybridized carbons (Fsp3) is 0.333. The molecule has 0 N–H and O–H groups in total. The molecule has 1 aromatic carbocycles. The van der Waals surface area contributed by atoms with Crippen molar-refractivity contribution in [2.45, 2.75) is 32.2 Å². The van der Waals surface area contributed by atoms with Crippen molar-refractivity contribution in [2.75, 3.05) is 0 Å². The van der Waals surface area contributed by atoms with Crippen LogP contribution in [0.2, 0.25) is 0 Å². The van der Waals surface area contributed by atoms with Crippen molar-refractivity contribution in [3.63, 3.8) is 0 Å². The van der Waals surface area contributed by atoms with Crippen LogP contribution in [0, 0.1) is 12.7 Å². The summed E-state index contributed by atoms with van der Waals surface area (Å²) in [6, 6.07) is 2.79. The van der Waals surface area contributed by atoms with Gasteiger partial charge in [0.1, 0.15) is 5.82 Å². The summed E-state index contributed by atoms with van der Waals surface area (Å²) in [6.45, 7) is 1.81. The number of hydrogen-bond acceptors (Lipinski definition) is 5. The molecule has 0 saturated heterocycles. The van der Waals surface area contributed by atoms with Gasteiger partial charge in [-0.3, -0.25) is 9.36 Å². The molecule has 3 aromatic rings. The van der Waals surface area contributed by atoms with E-state index in [1.165, 1.54) is 23.0 Å². The van der Waals surface area contributed by atoms with Gasteiger partial charge in [0.05, 0.1) is 23.8 Å². The first-order chi connectivity index (χ1) is 10.6. The average molecular weight is 300 g/mol. The highest BCUT2D eigenvalue weighted by Crippen LogP contribution is 2.38. The summed E-state index contributed by atoms with van der Waals surface area (Å²) in [5.41, 5.74) is 0.515. The van der Waals surface area contributed by atoms with Crippen molar-refractivity contribution in [1.82, 2.24) is 19.7 Å². The van der Waals surface area contributed by atoms with Crippen LogP contribution in [0.3, 0.4) is 0 Å². The van der Waals surface area contributed by atoms with Crippen molar-refractivity contribution in [2.24, 2.45) is 0 Å². The summed E-state index contributed by atoms with van der Waals surface area (Å²) in [7, 11) is 0. The number of aryl methyl sites for hydroxylation is 1. The van der Waals surface area contributed by atoms with E-state index in [2.05, 4.69) is 15.1 Å². The second kappa shape index (κ2) is 4.72. The Labute approximate surface area is 124 Å². The molecule has 1 aliphatic rings. The van der Waals surface area contributed by atoms with E-state index in [-0.39, 0.29) is 17.9 Å². The normalized spacial score (nSPS) is 14.6. The minimum atomic E-state index is -0.371. The Bertz CT molecular complexity index is 927. The van der Waals surface area contributed by atoms with Crippen LogP contribution >= 0.6 is 0 Å². The Morgan fingerprint density at radius 1 is 1.41 bits per heavy atom. The lowest BCUT2D eigenvalue weighted by atomic mass is 10.1. The van der Waals surface area contributed by atoms with Crippen LogP contribution in [0.25, 0.3) is 10.9 Å². The quantitative estimate of drug-likeness (QED) is 0.741. The summed E-state index contributed by atoms with van der Waals surface area (Å²) < 4.78 is 20.1. The molecule has 0 atom stereocenters. The number of benzene rings is 1. The summed E-state index contributed by atoms with van der Waals surface area (Å²) in [5, 5.41) is 4.27. The van der Waals surface area contributed by atoms with Gasteiger partial charge in [-0.25, -0.2) is 9.37 Å². The lowest BCUT2D eigenvalue weighted by Gasteiger charge is -2.05. The third-order valence-corrected chi connectivity index (χ3v) is 3.83. The minimum absolute atomic E-state index is 0.189. The zero-order valence-electron chi connectivity index (χ0n) is 11.9. The van der Waals surface area contributed by atoms with Crippen LogP contribution in [0.4, 0.5) is 4.39 Å². The van der Waals surface area contributed by atoms with Gasteiger partial charge in [-0.1, -0.05) is 5.16 Å². The van der Waals surface area contributed by atoms with Crippen molar-refractivity contribution < 1.29 is 8.91 Å². The first-order valence-corrected chi connectivity index (χ1v) is 7.09. The topological polar surface area (TPSA) is 73.8 Å². The molecule has 1 saturated carbocycles. The Kier molecular flexibility index (Phi) is 2.82. The van der Waals surface area contributed by atoms with E-state index in [1.807, 2.05) is 0 Å². The maximum absolute atomic E-state index is 13.5. The summed E-state index contributed by atoms with van der Waals surface area (Å²) >= 11 is 0. The van der Waals surface area contributed by atoms with E-state index in [9.17, 15) is 9.18 Å². The molecule has 0 spiro atoms. The van der Waals surface area contributed by atoms with Crippen molar-refractivity contribution in [3.8, 4) is 0 Å². The molecule has 4 rings (SSSR count). The fourth-order valence-electron chi connectivity index (χ4n) is 2.38. The van der Waals surface area contributed by atoms with Crippen LogP contribution < -0.4 is 5.56 Å². The molecular weight excluding hydrogens is 287 g/mol. The molecule has 0 amide bonds. The highest BCUT2D eigenvalue weighted by molar-refractivity contribution is 5.78. The molecule has 22 heavy (non-hydrogen) atoms. The fourth-order valence-corrected chi connectivity index (χ4v) is 2.38. The Hall–Kier alpha value is -2.57. The summed E-state index contributed by atoms with van der Waals surface area (Å²) in [6.07, 6.45) is 3.53. The van der Waals surface area contributed by atoms with E-state index in [4.69, 9.17) is 4.52 Å². The Balaban J connectivity index is 1.73. The van der Waals surface area contributed by atoms with E-state index in [0.29, 0.717) is 34.1 Å². The van der Waals surface area contributed by atoms with Crippen LogP contribution in [0.5, 0.6) is 0 Å². The van der Waals surface area contributed by atoms with E-state index in [0.717, 1.165) is 12.8 Å². The molecule has 0 bridgehead atoms. The van der Waals surface area contributed by atoms with Gasteiger partial charge in [-0.15, -0.1) is 0 Å². The monoisotopic (exact) mass is 300 g/mol. The zero-order chi connectivity index (χ0) is 15.3. The zero-order valence-corrected chi connectivity index (χ0v) is 11.9. The molecule has 0 aliphatic heterocycles. The van der Waals surface area contributed by atoms with Crippen molar-refractivity contribution in [1.29, 1.82) is 0 Å². The number of fused-ring (bicyclic) bond motifs is 1. The second-order valence-corrected chi connectivity index (χ2v) is 5.62. The molecule has 1 aliphatic carbocycles. The molecule has 6 nitrogen and oxygen atoms in total. The van der Waals surface area contributed by atoms with Crippen LogP contribution in [-0.4, -0.2) is 19.7 Å². The van der Waals surface area contributed by atoms with Gasteiger partial charge < -0.3 is 4.52 Å². The van der Waals surface area contributed by atoms with Crippen molar-refractivity contribution >= 4 is 10.9 Å². The number of nitrogens with zero attached hydrogens (tertiary/aromatic N) is 4. The predicted molar refractivity (Wildman–Crippen MR) is 76.1 cm³/mol. The smallest absolute Gasteiger partial charge is 0.261 e. The largest absolute Gasteiger partial charge is 0.339 e. The van der Waals surface area contributed by atoms with Gasteiger partial charge >= 0.3 is 0 Å². The van der Waals surface area contributed by atoms with Crippen molar-refractivity contribution in [3.05, 3.63) is 51.9 Å². The number of rotatable bonds is 3. The van der Waals surface area contributed by atoms with Crippen LogP contribution in [-0.2, 0) is 6.54 Å². The van der Waals surface area contributed by atoms with Crippen LogP contribution in [0.15, 0.2) is 27.8 Å². The highest BCUT2D eigenvalue weighted by Gasteiger charge is 2.29.